The van der Waals surface area contributed by atoms with Crippen molar-refractivity contribution in [2.24, 2.45) is 0 Å². The van der Waals surface area contributed by atoms with E-state index in [0.717, 1.165) is 45.2 Å². The summed E-state index contributed by atoms with van der Waals surface area (Å²) in [6, 6.07) is 0. The minimum Gasteiger partial charge on any atom is -0.282 e. The van der Waals surface area contributed by atoms with E-state index in [-0.39, 0.29) is 0 Å². The van der Waals surface area contributed by atoms with Crippen molar-refractivity contribution in [1.29, 1.82) is 0 Å². The second-order valence-electron chi connectivity index (χ2n) is 2.55. The molecule has 0 radical (unpaired) electrons. The summed E-state index contributed by atoms with van der Waals surface area (Å²) in [6.07, 6.45) is 0. The normalized spacial score (nSPS) is 10.4. The van der Waals surface area contributed by atoms with Gasteiger partial charge < -0.3 is 0 Å². The van der Waals surface area contributed by atoms with Crippen LogP contribution in [0.4, 0.5) is 17.6 Å². The molecule has 0 aliphatic carbocycles. The number of carbonyl (C=O) groups is 2. The molecule has 1 rings (SSSR count). The second kappa shape index (κ2) is 4.94. The summed E-state index contributed by atoms with van der Waals surface area (Å²) in [7, 11) is 0. The molecule has 0 unspecified atom stereocenters. The first-order chi connectivity index (χ1) is 7.29. The molecular formula is C8F4I2O2. The van der Waals surface area contributed by atoms with Crippen LogP contribution in [0.1, 0.15) is 20.7 Å². The minimum absolute atomic E-state index is 0.983. The van der Waals surface area contributed by atoms with Crippen LogP contribution in [0.3, 0.4) is 0 Å². The lowest BCUT2D eigenvalue weighted by Crippen LogP contribution is -2.12. The third-order valence-corrected chi connectivity index (χ3v) is 2.74. The average Bonchev–Trinajstić information content (AvgIpc) is 2.14. The first-order valence-corrected chi connectivity index (χ1v) is 5.70. The molecule has 8 heteroatoms. The fourth-order valence-corrected chi connectivity index (χ4v) is 1.92. The van der Waals surface area contributed by atoms with Gasteiger partial charge in [0.2, 0.25) is 7.58 Å². The van der Waals surface area contributed by atoms with Gasteiger partial charge in [-0.05, 0) is 0 Å². The van der Waals surface area contributed by atoms with Crippen molar-refractivity contribution < 1.29 is 27.2 Å². The molecule has 0 aromatic heterocycles. The first kappa shape index (κ1) is 13.8. The zero-order valence-corrected chi connectivity index (χ0v) is 11.4. The Labute approximate surface area is 114 Å². The van der Waals surface area contributed by atoms with Crippen LogP contribution in [0, 0.1) is 23.3 Å². The Morgan fingerprint density at radius 1 is 0.688 bits per heavy atom. The van der Waals surface area contributed by atoms with E-state index in [0.29, 0.717) is 0 Å². The first-order valence-electron chi connectivity index (χ1n) is 3.54. The van der Waals surface area contributed by atoms with E-state index in [1.165, 1.54) is 0 Å². The van der Waals surface area contributed by atoms with Crippen LogP contribution in [-0.2, 0) is 0 Å². The van der Waals surface area contributed by atoms with Crippen molar-refractivity contribution in [3.63, 3.8) is 0 Å². The van der Waals surface area contributed by atoms with Crippen molar-refractivity contribution in [3.05, 3.63) is 34.4 Å². The highest BCUT2D eigenvalue weighted by Gasteiger charge is 2.30. The maximum Gasteiger partial charge on any atom is 0.228 e. The van der Waals surface area contributed by atoms with Gasteiger partial charge in [-0.3, -0.25) is 9.59 Å². The van der Waals surface area contributed by atoms with Crippen molar-refractivity contribution in [3.8, 4) is 0 Å². The predicted molar refractivity (Wildman–Crippen MR) is 63.0 cm³/mol. The molecule has 0 saturated carbocycles. The molecule has 0 atom stereocenters. The van der Waals surface area contributed by atoms with Crippen molar-refractivity contribution in [1.82, 2.24) is 0 Å². The lowest BCUT2D eigenvalue weighted by Gasteiger charge is -2.06. The molecule has 0 bridgehead atoms. The molecule has 0 aliphatic rings. The zero-order valence-electron chi connectivity index (χ0n) is 7.08. The Morgan fingerprint density at radius 3 is 1.00 bits per heavy atom. The largest absolute Gasteiger partial charge is 0.282 e. The molecule has 0 amide bonds. The van der Waals surface area contributed by atoms with Gasteiger partial charge >= 0.3 is 0 Å². The Balaban J connectivity index is 3.77. The van der Waals surface area contributed by atoms with E-state index < -0.39 is 42.0 Å². The summed E-state index contributed by atoms with van der Waals surface area (Å²) in [5.41, 5.74) is -2.67. The van der Waals surface area contributed by atoms with Crippen LogP contribution in [0.5, 0.6) is 0 Å². The third kappa shape index (κ3) is 2.21. The Bertz CT molecular complexity index is 427. The highest BCUT2D eigenvalue weighted by Crippen LogP contribution is 2.27. The van der Waals surface area contributed by atoms with Gasteiger partial charge in [0, 0.05) is 45.2 Å². The quantitative estimate of drug-likeness (QED) is 0.295. The van der Waals surface area contributed by atoms with Crippen molar-refractivity contribution in [2.75, 3.05) is 0 Å². The van der Waals surface area contributed by atoms with E-state index in [2.05, 4.69) is 0 Å². The predicted octanol–water partition coefficient (Wildman–Crippen LogP) is 3.39. The van der Waals surface area contributed by atoms with Crippen LogP contribution < -0.4 is 0 Å². The summed E-state index contributed by atoms with van der Waals surface area (Å²) >= 11 is 1.97. The molecular weight excluding hydrogens is 458 g/mol. The lowest BCUT2D eigenvalue weighted by atomic mass is 10.1. The Hall–Kier alpha value is -0.260. The molecule has 2 nitrogen and oxygen atoms in total. The number of hydrogen-bond acceptors (Lipinski definition) is 2. The molecule has 86 valence electrons. The molecule has 1 aromatic carbocycles. The smallest absolute Gasteiger partial charge is 0.228 e. The molecule has 0 N–H and O–H groups in total. The minimum atomic E-state index is -1.86. The Morgan fingerprint density at radius 2 is 0.875 bits per heavy atom. The lowest BCUT2D eigenvalue weighted by molar-refractivity contribution is 0.107. The number of hydrogen-bond donors (Lipinski definition) is 0. The SMILES string of the molecule is O=C(I)c1c(F)c(F)c(C(=O)I)c(F)c1F. The van der Waals surface area contributed by atoms with Crippen LogP contribution in [0.15, 0.2) is 0 Å². The standard InChI is InChI=1S/C8F4I2O2/c9-3-1(7(13)15)4(10)6(12)2(5(3)11)8(14)16. The molecule has 0 saturated heterocycles. The number of halogens is 6. The van der Waals surface area contributed by atoms with Crippen LogP contribution >= 0.6 is 45.2 Å². The van der Waals surface area contributed by atoms with E-state index in [1.54, 1.807) is 0 Å². The topological polar surface area (TPSA) is 34.1 Å². The Kier molecular flexibility index (Phi) is 4.26. The van der Waals surface area contributed by atoms with Gasteiger partial charge in [-0.1, -0.05) is 0 Å². The number of benzene rings is 1. The maximum absolute atomic E-state index is 13.2. The molecule has 0 spiro atoms. The van der Waals surface area contributed by atoms with Gasteiger partial charge in [-0.2, -0.15) is 0 Å². The van der Waals surface area contributed by atoms with Gasteiger partial charge in [0.05, 0.1) is 0 Å². The highest BCUT2D eigenvalue weighted by molar-refractivity contribution is 14.1. The molecule has 0 heterocycles. The summed E-state index contributed by atoms with van der Waals surface area (Å²) in [6.45, 7) is 0. The number of rotatable bonds is 2. The van der Waals surface area contributed by atoms with Crippen molar-refractivity contribution >= 4 is 52.8 Å². The van der Waals surface area contributed by atoms with Crippen LogP contribution in [-0.4, -0.2) is 7.58 Å². The van der Waals surface area contributed by atoms with E-state index in [4.69, 9.17) is 0 Å². The van der Waals surface area contributed by atoms with Gasteiger partial charge in [0.1, 0.15) is 11.1 Å². The molecule has 0 fully saturated rings. The van der Waals surface area contributed by atoms with Gasteiger partial charge in [-0.25, -0.2) is 17.6 Å². The molecule has 16 heavy (non-hydrogen) atoms. The fraction of sp³-hybridized carbons (Fsp3) is 0. The van der Waals surface area contributed by atoms with E-state index >= 15 is 0 Å². The summed E-state index contributed by atoms with van der Waals surface area (Å²) < 4.78 is 50.2. The highest BCUT2D eigenvalue weighted by atomic mass is 127. The number of carbonyl (C=O) groups excluding carboxylic acids is 2. The van der Waals surface area contributed by atoms with Crippen LogP contribution in [0.2, 0.25) is 0 Å². The average molecular weight is 458 g/mol. The van der Waals surface area contributed by atoms with Gasteiger partial charge in [-0.15, -0.1) is 0 Å². The molecule has 0 aliphatic heterocycles. The zero-order chi connectivity index (χ0) is 12.6. The van der Waals surface area contributed by atoms with Crippen molar-refractivity contribution in [2.45, 2.75) is 0 Å². The van der Waals surface area contributed by atoms with Gasteiger partial charge in [0.25, 0.3) is 0 Å². The van der Waals surface area contributed by atoms with Gasteiger partial charge in [0.15, 0.2) is 23.3 Å². The maximum atomic E-state index is 13.2. The summed E-state index contributed by atoms with van der Waals surface area (Å²) in [5, 5.41) is 0. The monoisotopic (exact) mass is 458 g/mol. The second-order valence-corrected chi connectivity index (χ2v) is 4.51. The van der Waals surface area contributed by atoms with E-state index in [9.17, 15) is 27.2 Å². The third-order valence-electron chi connectivity index (χ3n) is 1.66. The molecule has 1 aromatic rings. The summed E-state index contributed by atoms with van der Waals surface area (Å²) in [5.74, 6) is -7.45. The van der Waals surface area contributed by atoms with Crippen LogP contribution in [0.25, 0.3) is 0 Å². The van der Waals surface area contributed by atoms with E-state index in [1.807, 2.05) is 0 Å². The fourth-order valence-electron chi connectivity index (χ4n) is 0.977. The summed E-state index contributed by atoms with van der Waals surface area (Å²) in [4.78, 5) is 21.5.